The van der Waals surface area contributed by atoms with Crippen LogP contribution in [0.15, 0.2) is 48.9 Å². The third-order valence-electron chi connectivity index (χ3n) is 4.78. The Balaban J connectivity index is 1.37. The van der Waals surface area contributed by atoms with E-state index in [9.17, 15) is 4.79 Å². The minimum absolute atomic E-state index is 0.238. The molecule has 1 aliphatic rings. The third-order valence-corrected chi connectivity index (χ3v) is 5.54. The number of halogens is 1. The first-order valence-corrected chi connectivity index (χ1v) is 9.73. The van der Waals surface area contributed by atoms with Crippen LogP contribution in [0.1, 0.15) is 30.0 Å². The van der Waals surface area contributed by atoms with E-state index in [2.05, 4.69) is 32.0 Å². The second-order valence-corrected chi connectivity index (χ2v) is 7.36. The van der Waals surface area contributed by atoms with Gasteiger partial charge in [0.25, 0.3) is 0 Å². The van der Waals surface area contributed by atoms with Gasteiger partial charge in [-0.15, -0.1) is 0 Å². The number of amides is 1. The molecule has 2 aromatic heterocycles. The zero-order valence-electron chi connectivity index (χ0n) is 14.2. The molecule has 1 aliphatic heterocycles. The van der Waals surface area contributed by atoms with Crippen molar-refractivity contribution in [3.8, 4) is 0 Å². The Morgan fingerprint density at radius 3 is 2.77 bits per heavy atom. The lowest BCUT2D eigenvalue weighted by Gasteiger charge is -2.30. The molecule has 1 amide bonds. The molecule has 0 radical (unpaired) electrons. The molecule has 26 heavy (non-hydrogen) atoms. The molecule has 0 atom stereocenters. The normalized spacial score (nSPS) is 15.3. The van der Waals surface area contributed by atoms with Gasteiger partial charge in [0, 0.05) is 54.0 Å². The van der Waals surface area contributed by atoms with Crippen molar-refractivity contribution in [1.29, 1.82) is 0 Å². The Labute approximate surface area is 165 Å². The summed E-state index contributed by atoms with van der Waals surface area (Å²) in [6.07, 6.45) is 7.11. The Bertz CT molecular complexity index is 904. The van der Waals surface area contributed by atoms with Crippen LogP contribution in [0.25, 0.3) is 5.52 Å². The van der Waals surface area contributed by atoms with E-state index in [1.807, 2.05) is 42.7 Å². The van der Waals surface area contributed by atoms with Gasteiger partial charge in [-0.1, -0.05) is 30.3 Å². The highest BCUT2D eigenvalue weighted by molar-refractivity contribution is 14.1. The van der Waals surface area contributed by atoms with Crippen molar-refractivity contribution >= 4 is 34.2 Å². The Morgan fingerprint density at radius 2 is 2.00 bits per heavy atom. The molecule has 4 rings (SSSR count). The number of carbonyl (C=O) groups excluding carboxylic acids is 1. The maximum atomic E-state index is 12.3. The molecule has 0 saturated carbocycles. The molecule has 3 aromatic rings. The lowest BCUT2D eigenvalue weighted by atomic mass is 9.93. The van der Waals surface area contributed by atoms with E-state index in [0.29, 0.717) is 25.6 Å². The largest absolute Gasteiger partial charge is 0.445 e. The Morgan fingerprint density at radius 1 is 1.23 bits per heavy atom. The number of imidazole rings is 1. The van der Waals surface area contributed by atoms with Gasteiger partial charge in [-0.25, -0.2) is 9.78 Å². The van der Waals surface area contributed by atoms with Crippen LogP contribution in [-0.2, 0) is 11.3 Å². The van der Waals surface area contributed by atoms with Crippen molar-refractivity contribution in [1.82, 2.24) is 19.3 Å². The van der Waals surface area contributed by atoms with E-state index < -0.39 is 0 Å². The van der Waals surface area contributed by atoms with Crippen LogP contribution in [0.4, 0.5) is 4.79 Å². The number of piperidine rings is 1. The van der Waals surface area contributed by atoms with E-state index in [4.69, 9.17) is 9.72 Å². The van der Waals surface area contributed by atoms with Gasteiger partial charge in [-0.2, -0.15) is 0 Å². The molecule has 1 aromatic carbocycles. The molecule has 0 N–H and O–H groups in total. The number of fused-ring (bicyclic) bond motifs is 1. The molecule has 0 bridgehead atoms. The quantitative estimate of drug-likeness (QED) is 0.555. The molecular formula is C19H19IN4O2. The molecule has 0 spiro atoms. The highest BCUT2D eigenvalue weighted by atomic mass is 127. The molecule has 0 aliphatic carbocycles. The van der Waals surface area contributed by atoms with Gasteiger partial charge in [-0.3, -0.25) is 9.38 Å². The summed E-state index contributed by atoms with van der Waals surface area (Å²) >= 11 is 2.25. The van der Waals surface area contributed by atoms with Crippen LogP contribution in [0.5, 0.6) is 0 Å². The molecule has 3 heterocycles. The number of likely N-dealkylation sites (tertiary alicyclic amines) is 1. The van der Waals surface area contributed by atoms with Crippen LogP contribution >= 0.6 is 22.6 Å². The van der Waals surface area contributed by atoms with Crippen LogP contribution in [-0.4, -0.2) is 38.5 Å². The van der Waals surface area contributed by atoms with E-state index in [-0.39, 0.29) is 6.09 Å². The predicted molar refractivity (Wildman–Crippen MR) is 106 cm³/mol. The van der Waals surface area contributed by atoms with Crippen molar-refractivity contribution in [3.63, 3.8) is 0 Å². The first-order chi connectivity index (χ1) is 12.7. The van der Waals surface area contributed by atoms with Crippen molar-refractivity contribution in [2.45, 2.75) is 25.4 Å². The summed E-state index contributed by atoms with van der Waals surface area (Å²) in [6, 6.07) is 9.75. The number of nitrogens with zero attached hydrogens (tertiary/aromatic N) is 4. The van der Waals surface area contributed by atoms with Gasteiger partial charge in [-0.05, 0) is 18.4 Å². The minimum Gasteiger partial charge on any atom is -0.445 e. The summed E-state index contributed by atoms with van der Waals surface area (Å²) in [4.78, 5) is 23.1. The van der Waals surface area contributed by atoms with Gasteiger partial charge in [0.05, 0.1) is 17.4 Å². The fourth-order valence-corrected chi connectivity index (χ4v) is 4.05. The molecule has 1 fully saturated rings. The number of ether oxygens (including phenoxy) is 1. The van der Waals surface area contributed by atoms with Gasteiger partial charge in [0.2, 0.25) is 0 Å². The molecule has 7 heteroatoms. The first-order valence-electron chi connectivity index (χ1n) is 8.65. The van der Waals surface area contributed by atoms with Crippen LogP contribution in [0, 0.1) is 3.83 Å². The fraction of sp³-hybridized carbons (Fsp3) is 0.316. The number of rotatable bonds is 3. The average molecular weight is 462 g/mol. The lowest BCUT2D eigenvalue weighted by molar-refractivity contribution is 0.0869. The molecule has 134 valence electrons. The summed E-state index contributed by atoms with van der Waals surface area (Å²) in [6.45, 7) is 1.69. The fourth-order valence-electron chi connectivity index (χ4n) is 3.37. The van der Waals surface area contributed by atoms with Gasteiger partial charge >= 0.3 is 6.09 Å². The summed E-state index contributed by atoms with van der Waals surface area (Å²) in [7, 11) is 0. The SMILES string of the molecule is O=C(OCc1ccccc1)N1CCC(c2nc(I)n3ccncc23)CC1. The van der Waals surface area contributed by atoms with Crippen LogP contribution in [0.2, 0.25) is 0 Å². The summed E-state index contributed by atoms with van der Waals surface area (Å²) in [5.41, 5.74) is 3.14. The van der Waals surface area contributed by atoms with E-state index in [1.165, 1.54) is 0 Å². The van der Waals surface area contributed by atoms with Gasteiger partial charge < -0.3 is 9.64 Å². The average Bonchev–Trinajstić information content (AvgIpc) is 3.04. The Hall–Kier alpha value is -2.16. The molecule has 1 saturated heterocycles. The molecular weight excluding hydrogens is 443 g/mol. The summed E-state index contributed by atoms with van der Waals surface area (Å²) in [5, 5.41) is 0. The second-order valence-electron chi connectivity index (χ2n) is 6.40. The smallest absolute Gasteiger partial charge is 0.410 e. The first kappa shape index (κ1) is 17.3. The summed E-state index contributed by atoms with van der Waals surface area (Å²) < 4.78 is 8.44. The van der Waals surface area contributed by atoms with Crippen LogP contribution < -0.4 is 0 Å². The number of hydrogen-bond donors (Lipinski definition) is 0. The lowest BCUT2D eigenvalue weighted by Crippen LogP contribution is -2.38. The number of carbonyl (C=O) groups is 1. The highest BCUT2D eigenvalue weighted by Gasteiger charge is 2.27. The second kappa shape index (κ2) is 7.61. The van der Waals surface area contributed by atoms with Crippen molar-refractivity contribution < 1.29 is 9.53 Å². The zero-order valence-corrected chi connectivity index (χ0v) is 16.4. The van der Waals surface area contributed by atoms with Gasteiger partial charge in [0.15, 0.2) is 3.83 Å². The van der Waals surface area contributed by atoms with Crippen molar-refractivity contribution in [2.24, 2.45) is 0 Å². The van der Waals surface area contributed by atoms with E-state index >= 15 is 0 Å². The van der Waals surface area contributed by atoms with E-state index in [1.54, 1.807) is 11.1 Å². The van der Waals surface area contributed by atoms with E-state index in [0.717, 1.165) is 33.4 Å². The molecule has 6 nitrogen and oxygen atoms in total. The zero-order chi connectivity index (χ0) is 17.9. The number of hydrogen-bond acceptors (Lipinski definition) is 4. The van der Waals surface area contributed by atoms with Gasteiger partial charge in [0.1, 0.15) is 6.61 Å². The minimum atomic E-state index is -0.238. The molecule has 0 unspecified atom stereocenters. The maximum Gasteiger partial charge on any atom is 0.410 e. The van der Waals surface area contributed by atoms with Crippen molar-refractivity contribution in [3.05, 3.63) is 64.0 Å². The van der Waals surface area contributed by atoms with Crippen molar-refractivity contribution in [2.75, 3.05) is 13.1 Å². The topological polar surface area (TPSA) is 59.7 Å². The van der Waals surface area contributed by atoms with Crippen LogP contribution in [0.3, 0.4) is 0 Å². The maximum absolute atomic E-state index is 12.3. The standard InChI is InChI=1S/C19H19IN4O2/c20-18-22-17(16-12-21-8-11-24(16)18)15-6-9-23(10-7-15)19(25)26-13-14-4-2-1-3-5-14/h1-5,8,11-12,15H,6-7,9-10,13H2. The number of aromatic nitrogens is 3. The highest BCUT2D eigenvalue weighted by Crippen LogP contribution is 2.31. The summed E-state index contributed by atoms with van der Waals surface area (Å²) in [5.74, 6) is 0.343. The third kappa shape index (κ3) is 3.53. The number of benzene rings is 1. The monoisotopic (exact) mass is 462 g/mol. The Kier molecular flexibility index (Phi) is 5.05. The predicted octanol–water partition coefficient (Wildman–Crippen LogP) is 3.85.